The van der Waals surface area contributed by atoms with E-state index in [1.165, 1.54) is 0 Å². The summed E-state index contributed by atoms with van der Waals surface area (Å²) >= 11 is 0. The first-order valence-corrected chi connectivity index (χ1v) is 2.45. The molecule has 0 saturated carbocycles. The molecular formula is C4H9NO3. The molecule has 1 unspecified atom stereocenters. The standard InChI is InChI=1S/C4H9NO3/c5-3-2(6)1-8-4(3)7/h2-4,6-7H,1,5H2/t2-,3+,4?/m1/s1. The molecule has 0 aromatic carbocycles. The van der Waals surface area contributed by atoms with Gasteiger partial charge in [-0.05, 0) is 0 Å². The Balaban J connectivity index is 2.44. The van der Waals surface area contributed by atoms with Gasteiger partial charge in [0.2, 0.25) is 0 Å². The third kappa shape index (κ3) is 0.830. The zero-order valence-electron chi connectivity index (χ0n) is 4.32. The SMILES string of the molecule is N[C@@H]1C(O)OC[C@H]1O. The molecule has 0 aromatic heterocycles. The smallest absolute Gasteiger partial charge is 0.172 e. The molecule has 0 bridgehead atoms. The minimum atomic E-state index is -0.981. The topological polar surface area (TPSA) is 75.7 Å². The lowest BCUT2D eigenvalue weighted by Crippen LogP contribution is -2.38. The molecule has 1 rings (SSSR count). The van der Waals surface area contributed by atoms with E-state index in [0.717, 1.165) is 0 Å². The van der Waals surface area contributed by atoms with Crippen molar-refractivity contribution in [1.82, 2.24) is 0 Å². The minimum Gasteiger partial charge on any atom is -0.389 e. The van der Waals surface area contributed by atoms with E-state index >= 15 is 0 Å². The van der Waals surface area contributed by atoms with Crippen LogP contribution in [-0.2, 0) is 4.74 Å². The fourth-order valence-corrected chi connectivity index (χ4v) is 0.609. The third-order valence-electron chi connectivity index (χ3n) is 1.21. The molecular weight excluding hydrogens is 110 g/mol. The fraction of sp³-hybridized carbons (Fsp3) is 1.00. The Morgan fingerprint density at radius 3 is 2.25 bits per heavy atom. The number of rotatable bonds is 0. The molecule has 1 aliphatic heterocycles. The predicted octanol–water partition coefficient (Wildman–Crippen LogP) is -1.98. The summed E-state index contributed by atoms with van der Waals surface area (Å²) in [5.41, 5.74) is 5.20. The van der Waals surface area contributed by atoms with Crippen molar-refractivity contribution < 1.29 is 14.9 Å². The number of aliphatic hydroxyl groups is 2. The van der Waals surface area contributed by atoms with Crippen LogP contribution in [0.2, 0.25) is 0 Å². The van der Waals surface area contributed by atoms with Gasteiger partial charge in [0, 0.05) is 0 Å². The molecule has 4 heteroatoms. The minimum absolute atomic E-state index is 0.141. The van der Waals surface area contributed by atoms with Gasteiger partial charge in [-0.25, -0.2) is 0 Å². The van der Waals surface area contributed by atoms with Crippen molar-refractivity contribution in [3.8, 4) is 0 Å². The number of hydrogen-bond donors (Lipinski definition) is 3. The number of hydrogen-bond acceptors (Lipinski definition) is 4. The highest BCUT2D eigenvalue weighted by Crippen LogP contribution is 2.08. The lowest BCUT2D eigenvalue weighted by atomic mass is 10.2. The monoisotopic (exact) mass is 119 g/mol. The van der Waals surface area contributed by atoms with Crippen LogP contribution in [0.4, 0.5) is 0 Å². The van der Waals surface area contributed by atoms with E-state index in [4.69, 9.17) is 15.9 Å². The molecule has 1 fully saturated rings. The molecule has 0 aliphatic carbocycles. The molecule has 4 nitrogen and oxygen atoms in total. The van der Waals surface area contributed by atoms with Gasteiger partial charge in [-0.1, -0.05) is 0 Å². The van der Waals surface area contributed by atoms with E-state index in [-0.39, 0.29) is 6.61 Å². The second-order valence-electron chi connectivity index (χ2n) is 1.87. The Morgan fingerprint density at radius 2 is 2.12 bits per heavy atom. The maximum atomic E-state index is 8.76. The Morgan fingerprint density at radius 1 is 1.50 bits per heavy atom. The zero-order chi connectivity index (χ0) is 6.15. The van der Waals surface area contributed by atoms with Crippen molar-refractivity contribution >= 4 is 0 Å². The third-order valence-corrected chi connectivity index (χ3v) is 1.21. The second kappa shape index (κ2) is 1.99. The van der Waals surface area contributed by atoms with Gasteiger partial charge >= 0.3 is 0 Å². The van der Waals surface area contributed by atoms with Crippen LogP contribution in [0.25, 0.3) is 0 Å². The first-order valence-electron chi connectivity index (χ1n) is 2.45. The first kappa shape index (κ1) is 5.97. The molecule has 0 spiro atoms. The Kier molecular flexibility index (Phi) is 1.48. The van der Waals surface area contributed by atoms with E-state index in [1.807, 2.05) is 0 Å². The molecule has 1 saturated heterocycles. The maximum absolute atomic E-state index is 8.76. The molecule has 0 amide bonds. The van der Waals surface area contributed by atoms with E-state index in [2.05, 4.69) is 4.74 Å². The highest BCUT2D eigenvalue weighted by Gasteiger charge is 2.30. The van der Waals surface area contributed by atoms with Crippen LogP contribution in [0.15, 0.2) is 0 Å². The lowest BCUT2D eigenvalue weighted by Gasteiger charge is -2.07. The van der Waals surface area contributed by atoms with Gasteiger partial charge in [0.05, 0.1) is 18.8 Å². The molecule has 0 aromatic rings. The van der Waals surface area contributed by atoms with E-state index < -0.39 is 18.4 Å². The largest absolute Gasteiger partial charge is 0.389 e. The van der Waals surface area contributed by atoms with Gasteiger partial charge in [-0.15, -0.1) is 0 Å². The van der Waals surface area contributed by atoms with E-state index in [9.17, 15) is 0 Å². The summed E-state index contributed by atoms with van der Waals surface area (Å²) in [6.45, 7) is 0.141. The van der Waals surface area contributed by atoms with Crippen molar-refractivity contribution in [2.24, 2.45) is 5.73 Å². The summed E-state index contributed by atoms with van der Waals surface area (Å²) in [6, 6.07) is -0.630. The molecule has 8 heavy (non-hydrogen) atoms. The summed E-state index contributed by atoms with van der Waals surface area (Å²) < 4.78 is 4.56. The van der Waals surface area contributed by atoms with Crippen molar-refractivity contribution in [3.05, 3.63) is 0 Å². The van der Waals surface area contributed by atoms with Crippen LogP contribution in [0, 0.1) is 0 Å². The summed E-state index contributed by atoms with van der Waals surface area (Å²) in [5.74, 6) is 0. The quantitative estimate of drug-likeness (QED) is 0.345. The fourth-order valence-electron chi connectivity index (χ4n) is 0.609. The summed E-state index contributed by atoms with van der Waals surface area (Å²) in [6.07, 6.45) is -1.69. The van der Waals surface area contributed by atoms with Gasteiger partial charge < -0.3 is 20.7 Å². The van der Waals surface area contributed by atoms with Crippen molar-refractivity contribution in [3.63, 3.8) is 0 Å². The average Bonchev–Trinajstić information content (AvgIpc) is 1.98. The molecule has 4 N–H and O–H groups in total. The molecule has 1 aliphatic rings. The summed E-state index contributed by atoms with van der Waals surface area (Å²) in [5, 5.41) is 17.4. The van der Waals surface area contributed by atoms with Gasteiger partial charge in [0.25, 0.3) is 0 Å². The van der Waals surface area contributed by atoms with Gasteiger partial charge in [0.15, 0.2) is 6.29 Å². The zero-order valence-corrected chi connectivity index (χ0v) is 4.32. The highest BCUT2D eigenvalue weighted by atomic mass is 16.6. The van der Waals surface area contributed by atoms with Crippen molar-refractivity contribution in [2.45, 2.75) is 18.4 Å². The second-order valence-corrected chi connectivity index (χ2v) is 1.87. The van der Waals surface area contributed by atoms with Gasteiger partial charge in [-0.2, -0.15) is 0 Å². The Hall–Kier alpha value is -0.160. The average molecular weight is 119 g/mol. The van der Waals surface area contributed by atoms with E-state index in [0.29, 0.717) is 0 Å². The summed E-state index contributed by atoms with van der Waals surface area (Å²) in [7, 11) is 0. The number of aliphatic hydroxyl groups excluding tert-OH is 2. The summed E-state index contributed by atoms with van der Waals surface area (Å²) in [4.78, 5) is 0. The highest BCUT2D eigenvalue weighted by molar-refractivity contribution is 4.79. The van der Waals surface area contributed by atoms with Crippen LogP contribution in [0.1, 0.15) is 0 Å². The Labute approximate surface area is 46.9 Å². The maximum Gasteiger partial charge on any atom is 0.172 e. The van der Waals surface area contributed by atoms with E-state index in [1.54, 1.807) is 0 Å². The van der Waals surface area contributed by atoms with Crippen LogP contribution < -0.4 is 5.73 Å². The molecule has 3 atom stereocenters. The van der Waals surface area contributed by atoms with Crippen molar-refractivity contribution in [2.75, 3.05) is 6.61 Å². The molecule has 0 radical (unpaired) electrons. The lowest BCUT2D eigenvalue weighted by molar-refractivity contribution is -0.0664. The van der Waals surface area contributed by atoms with Crippen LogP contribution in [0.5, 0.6) is 0 Å². The van der Waals surface area contributed by atoms with Crippen LogP contribution >= 0.6 is 0 Å². The first-order chi connectivity index (χ1) is 3.72. The molecule has 1 heterocycles. The van der Waals surface area contributed by atoms with Crippen LogP contribution in [-0.4, -0.2) is 35.3 Å². The van der Waals surface area contributed by atoms with Gasteiger partial charge in [0.1, 0.15) is 0 Å². The predicted molar refractivity (Wildman–Crippen MR) is 25.9 cm³/mol. The number of ether oxygens (including phenoxy) is 1. The van der Waals surface area contributed by atoms with Crippen LogP contribution in [0.3, 0.4) is 0 Å². The van der Waals surface area contributed by atoms with Crippen molar-refractivity contribution in [1.29, 1.82) is 0 Å². The molecule has 48 valence electrons. The normalized spacial score (nSPS) is 47.6. The Bertz CT molecular complexity index is 77.4. The number of nitrogens with two attached hydrogens (primary N) is 1. The van der Waals surface area contributed by atoms with Gasteiger partial charge in [-0.3, -0.25) is 0 Å².